The van der Waals surface area contributed by atoms with Crippen molar-refractivity contribution in [2.24, 2.45) is 5.73 Å². The first-order chi connectivity index (χ1) is 10.1. The van der Waals surface area contributed by atoms with Crippen LogP contribution in [0.15, 0.2) is 28.4 Å². The van der Waals surface area contributed by atoms with Crippen LogP contribution in [-0.2, 0) is 11.3 Å². The molecule has 1 saturated heterocycles. The summed E-state index contributed by atoms with van der Waals surface area (Å²) in [6.07, 6.45) is 6.30. The lowest BCUT2D eigenvalue weighted by molar-refractivity contribution is -0.132. The molecule has 3 rings (SSSR count). The minimum Gasteiger partial charge on any atom is -0.472 e. The van der Waals surface area contributed by atoms with Gasteiger partial charge in [-0.25, -0.2) is 4.98 Å². The van der Waals surface area contributed by atoms with Crippen molar-refractivity contribution < 1.29 is 9.21 Å². The Kier molecular flexibility index (Phi) is 3.82. The zero-order valence-electron chi connectivity index (χ0n) is 12.0. The fourth-order valence-electron chi connectivity index (χ4n) is 2.80. The first kappa shape index (κ1) is 14.3. The van der Waals surface area contributed by atoms with E-state index in [0.29, 0.717) is 6.54 Å². The van der Waals surface area contributed by atoms with Gasteiger partial charge in [-0.1, -0.05) is 0 Å². The Morgan fingerprint density at radius 1 is 1.57 bits per heavy atom. The Balaban J connectivity index is 1.78. The van der Waals surface area contributed by atoms with Crippen molar-refractivity contribution in [2.75, 3.05) is 6.54 Å². The number of amides is 1. The Morgan fingerprint density at radius 3 is 3.14 bits per heavy atom. The molecule has 3 heterocycles. The molecule has 21 heavy (non-hydrogen) atoms. The minimum atomic E-state index is -0.558. The molecule has 0 aliphatic carbocycles. The molecule has 0 bridgehead atoms. The molecule has 0 radical (unpaired) electrons. The number of thiazole rings is 1. The van der Waals surface area contributed by atoms with Crippen LogP contribution in [0.5, 0.6) is 0 Å². The normalized spacial score (nSPS) is 23.3. The van der Waals surface area contributed by atoms with Gasteiger partial charge in [0.1, 0.15) is 11.3 Å². The van der Waals surface area contributed by atoms with Gasteiger partial charge in [0.2, 0.25) is 5.91 Å². The van der Waals surface area contributed by atoms with Gasteiger partial charge in [-0.05, 0) is 38.8 Å². The van der Waals surface area contributed by atoms with Crippen molar-refractivity contribution in [3.63, 3.8) is 0 Å². The van der Waals surface area contributed by atoms with Crippen LogP contribution in [0.25, 0.3) is 10.6 Å². The van der Waals surface area contributed by atoms with Crippen LogP contribution in [0, 0.1) is 0 Å². The fourth-order valence-corrected chi connectivity index (χ4v) is 3.60. The van der Waals surface area contributed by atoms with Gasteiger partial charge < -0.3 is 10.2 Å². The van der Waals surface area contributed by atoms with Crippen LogP contribution >= 0.6 is 11.3 Å². The number of carbonyl (C=O) groups is 1. The van der Waals surface area contributed by atoms with Crippen LogP contribution in [0.3, 0.4) is 0 Å². The van der Waals surface area contributed by atoms with Crippen LogP contribution in [-0.4, -0.2) is 27.9 Å². The second kappa shape index (κ2) is 5.61. The Labute approximate surface area is 127 Å². The predicted molar refractivity (Wildman–Crippen MR) is 81.7 cm³/mol. The minimum absolute atomic E-state index is 0.243. The number of rotatable bonds is 4. The SMILES string of the molecule is CC1(C(N)=O)CCCCN1Cc1csc(-c2ccoc2)n1. The average molecular weight is 305 g/mol. The largest absolute Gasteiger partial charge is 0.472 e. The third-order valence-electron chi connectivity index (χ3n) is 4.24. The summed E-state index contributed by atoms with van der Waals surface area (Å²) in [7, 11) is 0. The van der Waals surface area contributed by atoms with Crippen molar-refractivity contribution in [1.29, 1.82) is 0 Å². The quantitative estimate of drug-likeness (QED) is 0.942. The Bertz CT molecular complexity index is 623. The summed E-state index contributed by atoms with van der Waals surface area (Å²) in [5, 5.41) is 2.98. The zero-order valence-corrected chi connectivity index (χ0v) is 12.9. The zero-order chi connectivity index (χ0) is 14.9. The van der Waals surface area contributed by atoms with E-state index in [2.05, 4.69) is 9.88 Å². The number of primary amides is 1. The molecule has 2 aromatic heterocycles. The number of hydrogen-bond acceptors (Lipinski definition) is 5. The lowest BCUT2D eigenvalue weighted by atomic mass is 9.87. The third-order valence-corrected chi connectivity index (χ3v) is 5.18. The van der Waals surface area contributed by atoms with E-state index in [4.69, 9.17) is 10.2 Å². The summed E-state index contributed by atoms with van der Waals surface area (Å²) in [4.78, 5) is 18.6. The summed E-state index contributed by atoms with van der Waals surface area (Å²) in [5.74, 6) is -0.243. The molecular weight excluding hydrogens is 286 g/mol. The van der Waals surface area contributed by atoms with Crippen molar-refractivity contribution in [3.05, 3.63) is 29.7 Å². The molecule has 1 amide bonds. The second-order valence-corrected chi connectivity index (χ2v) is 6.53. The number of carbonyl (C=O) groups excluding carboxylic acids is 1. The van der Waals surface area contributed by atoms with Crippen molar-refractivity contribution in [1.82, 2.24) is 9.88 Å². The highest BCUT2D eigenvalue weighted by Crippen LogP contribution is 2.30. The lowest BCUT2D eigenvalue weighted by Crippen LogP contribution is -2.57. The van der Waals surface area contributed by atoms with Gasteiger partial charge in [-0.2, -0.15) is 0 Å². The smallest absolute Gasteiger partial charge is 0.237 e. The first-order valence-corrected chi connectivity index (χ1v) is 7.99. The van der Waals surface area contributed by atoms with Crippen LogP contribution < -0.4 is 5.73 Å². The Morgan fingerprint density at radius 2 is 2.43 bits per heavy atom. The van der Waals surface area contributed by atoms with Crippen molar-refractivity contribution in [2.45, 2.75) is 38.3 Å². The molecule has 2 N–H and O–H groups in total. The van der Waals surface area contributed by atoms with Crippen LogP contribution in [0.2, 0.25) is 0 Å². The van der Waals surface area contributed by atoms with E-state index < -0.39 is 5.54 Å². The number of likely N-dealkylation sites (tertiary alicyclic amines) is 1. The number of hydrogen-bond donors (Lipinski definition) is 1. The molecule has 0 saturated carbocycles. The third kappa shape index (κ3) is 2.73. The van der Waals surface area contributed by atoms with Gasteiger partial charge in [0.15, 0.2) is 0 Å². The standard InChI is InChI=1S/C15H19N3O2S/c1-15(14(16)19)5-2-3-6-18(15)8-12-10-21-13(17-12)11-4-7-20-9-11/h4,7,9-10H,2-3,5-6,8H2,1H3,(H2,16,19). The first-order valence-electron chi connectivity index (χ1n) is 7.11. The topological polar surface area (TPSA) is 72.4 Å². The maximum atomic E-state index is 11.8. The molecule has 0 spiro atoms. The maximum Gasteiger partial charge on any atom is 0.237 e. The molecule has 1 atom stereocenters. The molecule has 0 aromatic carbocycles. The maximum absolute atomic E-state index is 11.8. The molecule has 1 unspecified atom stereocenters. The van der Waals surface area contributed by atoms with E-state index >= 15 is 0 Å². The number of aromatic nitrogens is 1. The average Bonchev–Trinajstić information content (AvgIpc) is 3.12. The van der Waals surface area contributed by atoms with E-state index in [1.165, 1.54) is 0 Å². The van der Waals surface area contributed by atoms with Crippen molar-refractivity contribution in [3.8, 4) is 10.6 Å². The van der Waals surface area contributed by atoms with Gasteiger partial charge >= 0.3 is 0 Å². The Hall–Kier alpha value is -1.66. The molecule has 112 valence electrons. The molecule has 6 heteroatoms. The predicted octanol–water partition coefficient (Wildman–Crippen LogP) is 2.63. The van der Waals surface area contributed by atoms with Gasteiger partial charge in [-0.15, -0.1) is 11.3 Å². The second-order valence-electron chi connectivity index (χ2n) is 5.67. The number of furan rings is 1. The van der Waals surface area contributed by atoms with E-state index in [1.807, 2.05) is 18.4 Å². The number of nitrogens with zero attached hydrogens (tertiary/aromatic N) is 2. The summed E-state index contributed by atoms with van der Waals surface area (Å²) in [5.41, 5.74) is 7.03. The van der Waals surface area contributed by atoms with E-state index in [9.17, 15) is 4.79 Å². The van der Waals surface area contributed by atoms with Crippen LogP contribution in [0.4, 0.5) is 0 Å². The molecule has 2 aromatic rings. The van der Waals surface area contributed by atoms with Crippen LogP contribution in [0.1, 0.15) is 31.9 Å². The number of nitrogens with two attached hydrogens (primary N) is 1. The van der Waals surface area contributed by atoms with E-state index in [0.717, 1.165) is 42.1 Å². The van der Waals surface area contributed by atoms with E-state index in [1.54, 1.807) is 23.9 Å². The molecule has 1 aliphatic heterocycles. The fraction of sp³-hybridized carbons (Fsp3) is 0.467. The summed E-state index contributed by atoms with van der Waals surface area (Å²) in [6, 6.07) is 1.90. The molecular formula is C15H19N3O2S. The molecule has 1 fully saturated rings. The summed E-state index contributed by atoms with van der Waals surface area (Å²) < 4.78 is 5.09. The molecule has 5 nitrogen and oxygen atoms in total. The summed E-state index contributed by atoms with van der Waals surface area (Å²) in [6.45, 7) is 3.49. The monoisotopic (exact) mass is 305 g/mol. The molecule has 1 aliphatic rings. The number of piperidine rings is 1. The van der Waals surface area contributed by atoms with Gasteiger partial charge in [0.25, 0.3) is 0 Å². The van der Waals surface area contributed by atoms with Gasteiger partial charge in [0, 0.05) is 17.5 Å². The van der Waals surface area contributed by atoms with E-state index in [-0.39, 0.29) is 5.91 Å². The highest BCUT2D eigenvalue weighted by molar-refractivity contribution is 7.13. The summed E-state index contributed by atoms with van der Waals surface area (Å²) >= 11 is 1.59. The van der Waals surface area contributed by atoms with Gasteiger partial charge in [0.05, 0.1) is 17.5 Å². The lowest BCUT2D eigenvalue weighted by Gasteiger charge is -2.42. The highest BCUT2D eigenvalue weighted by Gasteiger charge is 2.39. The van der Waals surface area contributed by atoms with Gasteiger partial charge in [-0.3, -0.25) is 9.69 Å². The highest BCUT2D eigenvalue weighted by atomic mass is 32.1. The van der Waals surface area contributed by atoms with Crippen molar-refractivity contribution >= 4 is 17.2 Å².